The van der Waals surface area contributed by atoms with E-state index in [0.29, 0.717) is 24.4 Å². The Morgan fingerprint density at radius 2 is 1.91 bits per heavy atom. The van der Waals surface area contributed by atoms with Gasteiger partial charge in [-0.1, -0.05) is 89.0 Å². The van der Waals surface area contributed by atoms with Crippen molar-refractivity contribution in [3.63, 3.8) is 0 Å². The van der Waals surface area contributed by atoms with Gasteiger partial charge in [-0.15, -0.1) is 10.2 Å². The molecule has 4 rings (SSSR count). The molecule has 6 nitrogen and oxygen atoms in total. The highest BCUT2D eigenvalue weighted by atomic mass is 32.2. The molecule has 0 aliphatic carbocycles. The Morgan fingerprint density at radius 1 is 1.18 bits per heavy atom. The summed E-state index contributed by atoms with van der Waals surface area (Å²) in [5.74, 6) is -0.127. The number of aryl methyl sites for hydroxylation is 1. The molecule has 1 aliphatic heterocycles. The largest absolute Gasteiger partial charge is 0.300 e. The van der Waals surface area contributed by atoms with Crippen LogP contribution in [-0.4, -0.2) is 37.8 Å². The molecule has 2 aromatic carbocycles. The third-order valence-corrected chi connectivity index (χ3v) is 8.16. The summed E-state index contributed by atoms with van der Waals surface area (Å²) >= 11 is 9.30. The highest BCUT2D eigenvalue weighted by molar-refractivity contribution is 8.26. The smallest absolute Gasteiger partial charge is 0.266 e. The van der Waals surface area contributed by atoms with Crippen molar-refractivity contribution in [2.45, 2.75) is 23.4 Å². The zero-order valence-corrected chi connectivity index (χ0v) is 21.3. The second kappa shape index (κ2) is 11.2. The number of amides is 2. The molecular weight excluding hydrogens is 512 g/mol. The lowest BCUT2D eigenvalue weighted by Gasteiger charge is -2.13. The van der Waals surface area contributed by atoms with Gasteiger partial charge in [-0.2, -0.15) is 0 Å². The number of rotatable bonds is 8. The molecule has 174 valence electrons. The molecule has 1 saturated heterocycles. The van der Waals surface area contributed by atoms with Crippen LogP contribution in [0.2, 0.25) is 0 Å². The molecule has 2 amide bonds. The highest BCUT2D eigenvalue weighted by Crippen LogP contribution is 2.33. The van der Waals surface area contributed by atoms with Crippen molar-refractivity contribution in [1.29, 1.82) is 0 Å². The van der Waals surface area contributed by atoms with Crippen LogP contribution < -0.4 is 5.32 Å². The lowest BCUT2D eigenvalue weighted by Crippen LogP contribution is -2.31. The van der Waals surface area contributed by atoms with Crippen molar-refractivity contribution >= 4 is 74.4 Å². The van der Waals surface area contributed by atoms with Crippen LogP contribution in [0.5, 0.6) is 0 Å². The van der Waals surface area contributed by atoms with Crippen LogP contribution in [0.1, 0.15) is 23.1 Å². The van der Waals surface area contributed by atoms with E-state index in [-0.39, 0.29) is 30.6 Å². The fourth-order valence-electron chi connectivity index (χ4n) is 2.95. The maximum absolute atomic E-state index is 13.0. The van der Waals surface area contributed by atoms with Gasteiger partial charge in [0.05, 0.1) is 4.91 Å². The molecule has 3 aromatic rings. The highest BCUT2D eigenvalue weighted by Gasteiger charge is 2.32. The van der Waals surface area contributed by atoms with E-state index in [1.807, 2.05) is 37.3 Å². The zero-order chi connectivity index (χ0) is 24.1. The van der Waals surface area contributed by atoms with Crippen molar-refractivity contribution in [2.75, 3.05) is 11.9 Å². The number of hydrogen-bond donors (Lipinski definition) is 1. The number of benzene rings is 2. The summed E-state index contributed by atoms with van der Waals surface area (Å²) in [6.07, 6.45) is 1.90. The van der Waals surface area contributed by atoms with Crippen LogP contribution in [-0.2, 0) is 15.3 Å². The molecule has 11 heteroatoms. The Kier molecular flexibility index (Phi) is 8.09. The van der Waals surface area contributed by atoms with Gasteiger partial charge in [0.2, 0.25) is 11.0 Å². The van der Waals surface area contributed by atoms with Crippen molar-refractivity contribution in [3.8, 4) is 0 Å². The van der Waals surface area contributed by atoms with E-state index in [9.17, 15) is 14.0 Å². The van der Waals surface area contributed by atoms with Gasteiger partial charge in [0.1, 0.15) is 10.1 Å². The van der Waals surface area contributed by atoms with Gasteiger partial charge in [-0.3, -0.25) is 14.5 Å². The predicted molar refractivity (Wildman–Crippen MR) is 140 cm³/mol. The van der Waals surface area contributed by atoms with Gasteiger partial charge in [0.25, 0.3) is 5.91 Å². The minimum Gasteiger partial charge on any atom is -0.300 e. The number of carbonyl (C=O) groups excluding carboxylic acids is 2. The summed E-state index contributed by atoms with van der Waals surface area (Å²) in [4.78, 5) is 27.1. The third kappa shape index (κ3) is 6.50. The second-order valence-corrected chi connectivity index (χ2v) is 11.2. The van der Waals surface area contributed by atoms with E-state index >= 15 is 0 Å². The first kappa shape index (κ1) is 24.5. The summed E-state index contributed by atoms with van der Waals surface area (Å²) in [5, 5.41) is 11.2. The van der Waals surface area contributed by atoms with Gasteiger partial charge < -0.3 is 5.32 Å². The number of aromatic nitrogens is 2. The van der Waals surface area contributed by atoms with Crippen LogP contribution in [0.25, 0.3) is 6.08 Å². The van der Waals surface area contributed by atoms with Crippen LogP contribution in [0.15, 0.2) is 57.8 Å². The second-order valence-electron chi connectivity index (χ2n) is 7.33. The first-order valence-electron chi connectivity index (χ1n) is 10.2. The fourth-order valence-corrected chi connectivity index (χ4v) is 5.98. The Labute approximate surface area is 214 Å². The number of nitrogens with one attached hydrogen (secondary N) is 1. The van der Waals surface area contributed by atoms with Gasteiger partial charge in [-0.25, -0.2) is 4.39 Å². The van der Waals surface area contributed by atoms with Crippen LogP contribution in [0.3, 0.4) is 0 Å². The van der Waals surface area contributed by atoms with Crippen molar-refractivity contribution in [1.82, 2.24) is 15.1 Å². The maximum atomic E-state index is 13.0. The van der Waals surface area contributed by atoms with Crippen molar-refractivity contribution in [3.05, 3.63) is 75.9 Å². The van der Waals surface area contributed by atoms with E-state index in [0.717, 1.165) is 16.7 Å². The van der Waals surface area contributed by atoms with Crippen LogP contribution in [0, 0.1) is 12.7 Å². The molecule has 1 fully saturated rings. The number of nitrogens with zero attached hydrogens (tertiary/aromatic N) is 3. The van der Waals surface area contributed by atoms with Gasteiger partial charge in [0, 0.05) is 18.7 Å². The summed E-state index contributed by atoms with van der Waals surface area (Å²) in [5.41, 5.74) is 3.03. The molecule has 34 heavy (non-hydrogen) atoms. The number of carbonyl (C=O) groups is 2. The first-order chi connectivity index (χ1) is 16.4. The number of anilines is 1. The molecule has 1 aromatic heterocycles. The first-order valence-corrected chi connectivity index (χ1v) is 13.2. The third-order valence-electron chi connectivity index (χ3n) is 4.74. The Morgan fingerprint density at radius 3 is 2.65 bits per heavy atom. The Balaban J connectivity index is 1.26. The minimum atomic E-state index is -0.275. The quantitative estimate of drug-likeness (QED) is 0.178. The normalized spacial score (nSPS) is 14.8. The molecule has 0 bridgehead atoms. The summed E-state index contributed by atoms with van der Waals surface area (Å²) in [7, 11) is 0. The van der Waals surface area contributed by atoms with E-state index in [1.54, 1.807) is 12.1 Å². The van der Waals surface area contributed by atoms with Crippen LogP contribution in [0.4, 0.5) is 9.52 Å². The summed E-state index contributed by atoms with van der Waals surface area (Å²) in [6, 6.07) is 14.1. The van der Waals surface area contributed by atoms with E-state index < -0.39 is 0 Å². The SMILES string of the molecule is Cc1ccc(/C=C2\SC(=S)N(CCC(=O)Nc3nnc(SCc4ccc(F)cc4)s3)C2=O)cc1. The standard InChI is InChI=1S/C23H19FN4O2S4/c1-14-2-4-15(5-3-14)12-18-20(30)28(23(31)33-18)11-10-19(29)25-21-26-27-22(34-21)32-13-16-6-8-17(24)9-7-16/h2-9,12H,10-11,13H2,1H3,(H,25,26,29)/b18-12-. The van der Waals surface area contributed by atoms with Crippen molar-refractivity contribution in [2.24, 2.45) is 0 Å². The average Bonchev–Trinajstić information content (AvgIpc) is 3.37. The molecule has 2 heterocycles. The summed E-state index contributed by atoms with van der Waals surface area (Å²) in [6.45, 7) is 2.19. The summed E-state index contributed by atoms with van der Waals surface area (Å²) < 4.78 is 14.1. The lowest BCUT2D eigenvalue weighted by atomic mass is 10.1. The fraction of sp³-hybridized carbons (Fsp3) is 0.174. The Hall–Kier alpha value is -2.60. The molecule has 0 atom stereocenters. The van der Waals surface area contributed by atoms with Gasteiger partial charge >= 0.3 is 0 Å². The molecule has 0 spiro atoms. The van der Waals surface area contributed by atoms with E-state index in [2.05, 4.69) is 15.5 Å². The van der Waals surface area contributed by atoms with Crippen LogP contribution >= 0.6 is 47.1 Å². The monoisotopic (exact) mass is 530 g/mol. The molecule has 0 radical (unpaired) electrons. The molecule has 0 unspecified atom stereocenters. The minimum absolute atomic E-state index is 0.0852. The Bertz CT molecular complexity index is 1240. The molecular formula is C23H19FN4O2S4. The van der Waals surface area contributed by atoms with Gasteiger partial charge in [0.15, 0.2) is 4.34 Å². The van der Waals surface area contributed by atoms with Crippen molar-refractivity contribution < 1.29 is 14.0 Å². The number of hydrogen-bond acceptors (Lipinski definition) is 8. The predicted octanol–water partition coefficient (Wildman–Crippen LogP) is 5.51. The maximum Gasteiger partial charge on any atom is 0.266 e. The number of thioether (sulfide) groups is 2. The van der Waals surface area contributed by atoms with E-state index in [1.165, 1.54) is 51.9 Å². The molecule has 1 N–H and O–H groups in total. The molecule has 1 aliphatic rings. The molecule has 0 saturated carbocycles. The van der Waals surface area contributed by atoms with E-state index in [4.69, 9.17) is 12.2 Å². The number of halogens is 1. The average molecular weight is 531 g/mol. The zero-order valence-electron chi connectivity index (χ0n) is 18.0. The topological polar surface area (TPSA) is 75.2 Å². The lowest BCUT2D eigenvalue weighted by molar-refractivity contribution is -0.122. The number of thiocarbonyl (C=S) groups is 1. The van der Waals surface area contributed by atoms with Gasteiger partial charge in [-0.05, 0) is 36.3 Å².